The maximum Gasteiger partial charge on any atom is 0.0303 e. The van der Waals surface area contributed by atoms with Gasteiger partial charge >= 0.3 is 0 Å². The van der Waals surface area contributed by atoms with Crippen molar-refractivity contribution in [3.8, 4) is 0 Å². The summed E-state index contributed by atoms with van der Waals surface area (Å²) in [4.78, 5) is 2.94. The Labute approximate surface area is 100 Å². The molecule has 2 aromatic rings. The van der Waals surface area contributed by atoms with E-state index in [2.05, 4.69) is 48.6 Å². The largest absolute Gasteiger partial charge is 0.311 e. The van der Waals surface area contributed by atoms with Crippen molar-refractivity contribution in [1.82, 2.24) is 5.32 Å². The highest BCUT2D eigenvalue weighted by Gasteiger charge is 2.22. The molecule has 1 aliphatic heterocycles. The maximum atomic E-state index is 3.51. The Morgan fingerprint density at radius 1 is 1.25 bits per heavy atom. The van der Waals surface area contributed by atoms with Crippen LogP contribution >= 0.6 is 11.3 Å². The summed E-state index contributed by atoms with van der Waals surface area (Å²) < 4.78 is 0. The van der Waals surface area contributed by atoms with Crippen molar-refractivity contribution in [3.05, 3.63) is 57.3 Å². The lowest BCUT2D eigenvalue weighted by atomic mass is 9.89. The predicted molar refractivity (Wildman–Crippen MR) is 69.0 cm³/mol. The van der Waals surface area contributed by atoms with E-state index in [0.717, 1.165) is 13.1 Å². The minimum absolute atomic E-state index is 0.537. The second-order valence-electron chi connectivity index (χ2n) is 4.33. The van der Waals surface area contributed by atoms with Gasteiger partial charge in [0, 0.05) is 28.8 Å². The average molecular weight is 229 g/mol. The number of hydrogen-bond acceptors (Lipinski definition) is 2. The van der Waals surface area contributed by atoms with E-state index < -0.39 is 0 Å². The lowest BCUT2D eigenvalue weighted by Crippen LogP contribution is -2.27. The van der Waals surface area contributed by atoms with Crippen LogP contribution in [0, 0.1) is 6.92 Å². The van der Waals surface area contributed by atoms with Crippen LogP contribution in [0.3, 0.4) is 0 Å². The second-order valence-corrected chi connectivity index (χ2v) is 5.67. The molecule has 1 atom stereocenters. The second kappa shape index (κ2) is 4.04. The van der Waals surface area contributed by atoms with Crippen molar-refractivity contribution < 1.29 is 0 Å². The predicted octanol–water partition coefficient (Wildman–Crippen LogP) is 3.29. The van der Waals surface area contributed by atoms with Crippen molar-refractivity contribution in [1.29, 1.82) is 0 Å². The zero-order valence-electron chi connectivity index (χ0n) is 9.36. The molecule has 1 N–H and O–H groups in total. The van der Waals surface area contributed by atoms with Crippen molar-refractivity contribution in [2.24, 2.45) is 0 Å². The van der Waals surface area contributed by atoms with Crippen LogP contribution in [0.5, 0.6) is 0 Å². The Hall–Kier alpha value is -1.12. The van der Waals surface area contributed by atoms with Crippen LogP contribution in [0.1, 0.15) is 26.8 Å². The Morgan fingerprint density at radius 3 is 2.88 bits per heavy atom. The van der Waals surface area contributed by atoms with E-state index in [1.807, 2.05) is 11.3 Å². The van der Waals surface area contributed by atoms with E-state index in [1.165, 1.54) is 20.9 Å². The summed E-state index contributed by atoms with van der Waals surface area (Å²) in [5, 5.41) is 3.51. The van der Waals surface area contributed by atoms with Gasteiger partial charge in [-0.2, -0.15) is 0 Å². The summed E-state index contributed by atoms with van der Waals surface area (Å²) in [6.07, 6.45) is 0. The molecule has 0 fully saturated rings. The molecule has 0 saturated heterocycles. The summed E-state index contributed by atoms with van der Waals surface area (Å²) in [7, 11) is 0. The van der Waals surface area contributed by atoms with Crippen LogP contribution < -0.4 is 5.32 Å². The highest BCUT2D eigenvalue weighted by molar-refractivity contribution is 7.12. The molecule has 1 unspecified atom stereocenters. The number of thiophene rings is 1. The molecule has 0 bridgehead atoms. The molecule has 1 aromatic carbocycles. The van der Waals surface area contributed by atoms with E-state index in [4.69, 9.17) is 0 Å². The molecule has 82 valence electrons. The summed E-state index contributed by atoms with van der Waals surface area (Å²) in [6, 6.07) is 13.2. The van der Waals surface area contributed by atoms with E-state index in [0.29, 0.717) is 5.92 Å². The summed E-state index contributed by atoms with van der Waals surface area (Å²) in [5.74, 6) is 0.537. The third-order valence-corrected chi connectivity index (χ3v) is 4.24. The van der Waals surface area contributed by atoms with Gasteiger partial charge in [0.1, 0.15) is 0 Å². The van der Waals surface area contributed by atoms with Gasteiger partial charge in [0.25, 0.3) is 0 Å². The molecule has 16 heavy (non-hydrogen) atoms. The fourth-order valence-corrected chi connectivity index (χ4v) is 3.51. The molecular weight excluding hydrogens is 214 g/mol. The first-order valence-electron chi connectivity index (χ1n) is 5.69. The Kier molecular flexibility index (Phi) is 2.54. The van der Waals surface area contributed by atoms with Crippen LogP contribution in [0.25, 0.3) is 0 Å². The zero-order valence-corrected chi connectivity index (χ0v) is 10.2. The van der Waals surface area contributed by atoms with Crippen molar-refractivity contribution in [2.45, 2.75) is 19.4 Å². The normalized spacial score (nSPS) is 19.4. The zero-order chi connectivity index (χ0) is 11.0. The Bertz CT molecular complexity index is 487. The van der Waals surface area contributed by atoms with E-state index >= 15 is 0 Å². The van der Waals surface area contributed by atoms with Gasteiger partial charge < -0.3 is 5.32 Å². The van der Waals surface area contributed by atoms with Gasteiger partial charge in [0.05, 0.1) is 0 Å². The quantitative estimate of drug-likeness (QED) is 0.791. The summed E-state index contributed by atoms with van der Waals surface area (Å²) >= 11 is 1.93. The SMILES string of the molecule is Cc1cc2c(s1)CNCC2c1ccccc1. The fraction of sp³-hybridized carbons (Fsp3) is 0.286. The number of fused-ring (bicyclic) bond motifs is 1. The number of aryl methyl sites for hydroxylation is 1. The van der Waals surface area contributed by atoms with Gasteiger partial charge in [-0.1, -0.05) is 30.3 Å². The highest BCUT2D eigenvalue weighted by atomic mass is 32.1. The van der Waals surface area contributed by atoms with E-state index in [1.54, 1.807) is 0 Å². The number of rotatable bonds is 1. The van der Waals surface area contributed by atoms with Gasteiger partial charge in [0.15, 0.2) is 0 Å². The summed E-state index contributed by atoms with van der Waals surface area (Å²) in [6.45, 7) is 4.30. The van der Waals surface area contributed by atoms with Crippen molar-refractivity contribution in [2.75, 3.05) is 6.54 Å². The molecule has 0 saturated carbocycles. The molecular formula is C14H15NS. The molecule has 1 aromatic heterocycles. The molecule has 2 heteroatoms. The summed E-state index contributed by atoms with van der Waals surface area (Å²) in [5.41, 5.74) is 2.96. The number of nitrogens with one attached hydrogen (secondary N) is 1. The van der Waals surface area contributed by atoms with Gasteiger partial charge in [-0.15, -0.1) is 11.3 Å². The van der Waals surface area contributed by atoms with Crippen LogP contribution in [0.4, 0.5) is 0 Å². The minimum atomic E-state index is 0.537. The molecule has 3 rings (SSSR count). The standard InChI is InChI=1S/C14H15NS/c1-10-7-12-13(8-15-9-14(12)16-10)11-5-3-2-4-6-11/h2-7,13,15H,8-9H2,1H3. The van der Waals surface area contributed by atoms with Crippen LogP contribution in [0.15, 0.2) is 36.4 Å². The maximum absolute atomic E-state index is 3.51. The minimum Gasteiger partial charge on any atom is -0.311 e. The number of hydrogen-bond donors (Lipinski definition) is 1. The molecule has 0 amide bonds. The number of benzene rings is 1. The lowest BCUT2D eigenvalue weighted by Gasteiger charge is -2.23. The van der Waals surface area contributed by atoms with Crippen LogP contribution in [0.2, 0.25) is 0 Å². The highest BCUT2D eigenvalue weighted by Crippen LogP contribution is 2.34. The van der Waals surface area contributed by atoms with Crippen molar-refractivity contribution >= 4 is 11.3 Å². The third kappa shape index (κ3) is 1.68. The molecule has 0 spiro atoms. The van der Waals surface area contributed by atoms with Crippen LogP contribution in [-0.4, -0.2) is 6.54 Å². The third-order valence-electron chi connectivity index (χ3n) is 3.18. The van der Waals surface area contributed by atoms with E-state index in [-0.39, 0.29) is 0 Å². The van der Waals surface area contributed by atoms with Gasteiger partial charge in [-0.05, 0) is 24.1 Å². The first-order chi connectivity index (χ1) is 7.84. The lowest BCUT2D eigenvalue weighted by molar-refractivity contribution is 0.600. The first-order valence-corrected chi connectivity index (χ1v) is 6.51. The van der Waals surface area contributed by atoms with Gasteiger partial charge in [-0.3, -0.25) is 0 Å². The smallest absolute Gasteiger partial charge is 0.0303 e. The monoisotopic (exact) mass is 229 g/mol. The molecule has 1 nitrogen and oxygen atoms in total. The van der Waals surface area contributed by atoms with Gasteiger partial charge in [0.2, 0.25) is 0 Å². The topological polar surface area (TPSA) is 12.0 Å². The molecule has 2 heterocycles. The van der Waals surface area contributed by atoms with Crippen LogP contribution in [-0.2, 0) is 6.54 Å². The Balaban J connectivity index is 2.05. The Morgan fingerprint density at radius 2 is 2.06 bits per heavy atom. The van der Waals surface area contributed by atoms with Crippen molar-refractivity contribution in [3.63, 3.8) is 0 Å². The molecule has 0 aliphatic carbocycles. The fourth-order valence-electron chi connectivity index (χ4n) is 2.44. The van der Waals surface area contributed by atoms with E-state index in [9.17, 15) is 0 Å². The molecule has 1 aliphatic rings. The first kappa shape index (κ1) is 10.1. The molecule has 0 radical (unpaired) electrons. The van der Waals surface area contributed by atoms with Gasteiger partial charge in [-0.25, -0.2) is 0 Å². The average Bonchev–Trinajstić information content (AvgIpc) is 2.70.